The van der Waals surface area contributed by atoms with Gasteiger partial charge in [0.2, 0.25) is 0 Å². The maximum absolute atomic E-state index is 5.76. The molecule has 0 radical (unpaired) electrons. The van der Waals surface area contributed by atoms with E-state index in [1.165, 1.54) is 12.8 Å². The number of methoxy groups -OCH3 is 1. The lowest BCUT2D eigenvalue weighted by atomic mass is 10.0. The molecule has 0 aliphatic heterocycles. The summed E-state index contributed by atoms with van der Waals surface area (Å²) < 4.78 is 5.03. The van der Waals surface area contributed by atoms with E-state index in [2.05, 4.69) is 36.1 Å². The summed E-state index contributed by atoms with van der Waals surface area (Å²) in [5.74, 6) is 2.62. The normalized spacial score (nSPS) is 12.7. The molecule has 108 valence electrons. The van der Waals surface area contributed by atoms with Gasteiger partial charge in [-0.1, -0.05) is 26.7 Å². The fraction of sp³-hybridized carbons (Fsp3) is 0.714. The van der Waals surface area contributed by atoms with E-state index in [1.54, 1.807) is 13.2 Å². The van der Waals surface area contributed by atoms with E-state index in [4.69, 9.17) is 10.5 Å². The molecule has 1 heterocycles. The number of hydrogen-bond acceptors (Lipinski definition) is 5. The smallest absolute Gasteiger partial charge is 0.158 e. The summed E-state index contributed by atoms with van der Waals surface area (Å²) in [4.78, 5) is 8.50. The molecule has 0 aromatic carbocycles. The summed E-state index contributed by atoms with van der Waals surface area (Å²) in [5.41, 5.74) is 5.76. The Balaban J connectivity index is 2.51. The van der Waals surface area contributed by atoms with Crippen molar-refractivity contribution in [1.82, 2.24) is 9.97 Å². The molecule has 0 aliphatic carbocycles. The summed E-state index contributed by atoms with van der Waals surface area (Å²) >= 11 is 0. The first-order chi connectivity index (χ1) is 9.01. The van der Waals surface area contributed by atoms with E-state index >= 15 is 0 Å². The Morgan fingerprint density at radius 3 is 2.63 bits per heavy atom. The van der Waals surface area contributed by atoms with Crippen molar-refractivity contribution in [2.24, 2.45) is 5.92 Å². The highest BCUT2D eigenvalue weighted by atomic mass is 16.5. The van der Waals surface area contributed by atoms with Crippen LogP contribution in [0.25, 0.3) is 0 Å². The molecular formula is C14H26N4O. The van der Waals surface area contributed by atoms with Crippen LogP contribution in [0.5, 0.6) is 0 Å². The van der Waals surface area contributed by atoms with E-state index in [1.807, 2.05) is 0 Å². The summed E-state index contributed by atoms with van der Waals surface area (Å²) in [5, 5.41) is 3.37. The van der Waals surface area contributed by atoms with Crippen molar-refractivity contribution < 1.29 is 4.74 Å². The highest BCUT2D eigenvalue weighted by molar-refractivity contribution is 5.45. The lowest BCUT2D eigenvalue weighted by Crippen LogP contribution is -2.17. The Kier molecular flexibility index (Phi) is 6.56. The van der Waals surface area contributed by atoms with Crippen molar-refractivity contribution in [3.8, 4) is 0 Å². The minimum atomic E-state index is 0.376. The molecule has 3 N–H and O–H groups in total. The minimum Gasteiger partial charge on any atom is -0.384 e. The Morgan fingerprint density at radius 1 is 1.26 bits per heavy atom. The summed E-state index contributed by atoms with van der Waals surface area (Å²) in [6, 6.07) is 2.14. The van der Waals surface area contributed by atoms with E-state index in [-0.39, 0.29) is 0 Å². The lowest BCUT2D eigenvalue weighted by Gasteiger charge is -2.15. The third-order valence-corrected chi connectivity index (χ3v) is 2.88. The first kappa shape index (κ1) is 15.7. The average Bonchev–Trinajstić information content (AvgIpc) is 2.27. The SMILES string of the molecule is COCc1nc(N)cc(NC(C)CCCC(C)C)n1. The van der Waals surface area contributed by atoms with Gasteiger partial charge < -0.3 is 15.8 Å². The molecule has 1 atom stereocenters. The van der Waals surface area contributed by atoms with Gasteiger partial charge in [0.25, 0.3) is 0 Å². The molecule has 0 spiro atoms. The molecule has 5 nitrogen and oxygen atoms in total. The minimum absolute atomic E-state index is 0.376. The van der Waals surface area contributed by atoms with Crippen LogP contribution in [0.4, 0.5) is 11.6 Å². The molecular weight excluding hydrogens is 240 g/mol. The van der Waals surface area contributed by atoms with Crippen LogP contribution in [0.1, 0.15) is 45.9 Å². The predicted octanol–water partition coefficient (Wildman–Crippen LogP) is 2.83. The molecule has 0 bridgehead atoms. The van der Waals surface area contributed by atoms with Crippen LogP contribution in [-0.2, 0) is 11.3 Å². The van der Waals surface area contributed by atoms with E-state index in [0.29, 0.717) is 24.3 Å². The molecule has 1 unspecified atom stereocenters. The van der Waals surface area contributed by atoms with E-state index in [9.17, 15) is 0 Å². The van der Waals surface area contributed by atoms with Gasteiger partial charge in [0.15, 0.2) is 5.82 Å². The standard InChI is InChI=1S/C14H26N4O/c1-10(2)6-5-7-11(3)16-13-8-12(15)17-14(18-13)9-19-4/h8,10-11H,5-7,9H2,1-4H3,(H3,15,16,17,18). The Morgan fingerprint density at radius 2 is 2.00 bits per heavy atom. The van der Waals surface area contributed by atoms with Gasteiger partial charge in [0, 0.05) is 19.2 Å². The van der Waals surface area contributed by atoms with Crippen LogP contribution in [0.15, 0.2) is 6.07 Å². The second kappa shape index (κ2) is 7.94. The molecule has 5 heteroatoms. The number of nitrogen functional groups attached to an aromatic ring is 1. The van der Waals surface area contributed by atoms with Gasteiger partial charge in [-0.2, -0.15) is 0 Å². The van der Waals surface area contributed by atoms with Gasteiger partial charge >= 0.3 is 0 Å². The second-order valence-electron chi connectivity index (χ2n) is 5.40. The first-order valence-corrected chi connectivity index (χ1v) is 6.90. The van der Waals surface area contributed by atoms with Gasteiger partial charge in [-0.15, -0.1) is 0 Å². The fourth-order valence-corrected chi connectivity index (χ4v) is 1.94. The largest absolute Gasteiger partial charge is 0.384 e. The summed E-state index contributed by atoms with van der Waals surface area (Å²) in [7, 11) is 1.62. The van der Waals surface area contributed by atoms with Gasteiger partial charge in [-0.25, -0.2) is 9.97 Å². The molecule has 0 fully saturated rings. The number of hydrogen-bond donors (Lipinski definition) is 2. The highest BCUT2D eigenvalue weighted by Crippen LogP contribution is 2.14. The van der Waals surface area contributed by atoms with Crippen LogP contribution in [0.3, 0.4) is 0 Å². The topological polar surface area (TPSA) is 73.1 Å². The van der Waals surface area contributed by atoms with Crippen LogP contribution < -0.4 is 11.1 Å². The molecule has 1 aromatic heterocycles. The van der Waals surface area contributed by atoms with Gasteiger partial charge in [0.05, 0.1) is 0 Å². The lowest BCUT2D eigenvalue weighted by molar-refractivity contribution is 0.178. The monoisotopic (exact) mass is 266 g/mol. The highest BCUT2D eigenvalue weighted by Gasteiger charge is 2.07. The maximum atomic E-state index is 5.76. The maximum Gasteiger partial charge on any atom is 0.158 e. The number of nitrogens with one attached hydrogen (secondary N) is 1. The van der Waals surface area contributed by atoms with Crippen LogP contribution in [0, 0.1) is 5.92 Å². The molecule has 19 heavy (non-hydrogen) atoms. The zero-order chi connectivity index (χ0) is 14.3. The average molecular weight is 266 g/mol. The van der Waals surface area contributed by atoms with Crippen molar-refractivity contribution in [2.45, 2.75) is 52.7 Å². The van der Waals surface area contributed by atoms with Crippen molar-refractivity contribution in [1.29, 1.82) is 0 Å². The number of nitrogens with zero attached hydrogens (tertiary/aromatic N) is 2. The molecule has 0 aliphatic rings. The van der Waals surface area contributed by atoms with Crippen molar-refractivity contribution >= 4 is 11.6 Å². The first-order valence-electron chi connectivity index (χ1n) is 6.90. The van der Waals surface area contributed by atoms with Gasteiger partial charge in [-0.3, -0.25) is 0 Å². The van der Waals surface area contributed by atoms with Gasteiger partial charge in [0.1, 0.15) is 18.2 Å². The third kappa shape index (κ3) is 6.38. The van der Waals surface area contributed by atoms with Crippen LogP contribution in [0.2, 0.25) is 0 Å². The summed E-state index contributed by atoms with van der Waals surface area (Å²) in [6.07, 6.45) is 3.60. The van der Waals surface area contributed by atoms with E-state index in [0.717, 1.165) is 18.2 Å². The van der Waals surface area contributed by atoms with Crippen LogP contribution >= 0.6 is 0 Å². The van der Waals surface area contributed by atoms with E-state index < -0.39 is 0 Å². The summed E-state index contributed by atoms with van der Waals surface area (Å²) in [6.45, 7) is 7.04. The molecule has 1 aromatic rings. The second-order valence-corrected chi connectivity index (χ2v) is 5.40. The Bertz CT molecular complexity index is 382. The zero-order valence-corrected chi connectivity index (χ0v) is 12.4. The quantitative estimate of drug-likeness (QED) is 0.757. The molecule has 0 saturated heterocycles. The molecule has 0 amide bonds. The number of ether oxygens (including phenoxy) is 1. The third-order valence-electron chi connectivity index (χ3n) is 2.88. The Hall–Kier alpha value is -1.36. The van der Waals surface area contributed by atoms with Gasteiger partial charge in [-0.05, 0) is 19.3 Å². The zero-order valence-electron chi connectivity index (χ0n) is 12.4. The number of rotatable bonds is 8. The Labute approximate surface area is 116 Å². The number of anilines is 2. The number of aromatic nitrogens is 2. The van der Waals surface area contributed by atoms with Crippen molar-refractivity contribution in [3.05, 3.63) is 11.9 Å². The van der Waals surface area contributed by atoms with Crippen molar-refractivity contribution in [2.75, 3.05) is 18.2 Å². The van der Waals surface area contributed by atoms with Crippen molar-refractivity contribution in [3.63, 3.8) is 0 Å². The molecule has 0 saturated carbocycles. The van der Waals surface area contributed by atoms with Crippen LogP contribution in [-0.4, -0.2) is 23.1 Å². The fourth-order valence-electron chi connectivity index (χ4n) is 1.94. The molecule has 1 rings (SSSR count). The number of nitrogens with two attached hydrogens (primary N) is 1. The predicted molar refractivity (Wildman–Crippen MR) is 78.9 cm³/mol.